The molecule has 1 fully saturated rings. The fourth-order valence-corrected chi connectivity index (χ4v) is 3.59. The van der Waals surface area contributed by atoms with Gasteiger partial charge in [0.25, 0.3) is 5.91 Å². The van der Waals surface area contributed by atoms with Crippen LogP contribution in [0.4, 0.5) is 5.13 Å². The fraction of sp³-hybridized carbons (Fsp3) is 0.357. The standard InChI is InChI=1S/C14H15N9O8S2/c1-14(2,12(26)27)31-20-8(9-19-13(15)32-21-9)10(24)18-7-6(3-22-5-16-4-17-22)23(11(7)25)33(28,29)30/h4-6H,3H2,1-2H3,(H,26,27)(H2,15,19,21)(H,28,29,30)/b18-7?,20-8-/t6-/m1/s1. The molecule has 2 aromatic heterocycles. The first-order valence-electron chi connectivity index (χ1n) is 8.67. The highest BCUT2D eigenvalue weighted by molar-refractivity contribution is 7.84. The topological polar surface area (TPSA) is 246 Å². The first kappa shape index (κ1) is 23.8. The Morgan fingerprint density at radius 1 is 1.39 bits per heavy atom. The third kappa shape index (κ3) is 4.99. The lowest BCUT2D eigenvalue weighted by Crippen LogP contribution is -2.65. The lowest BCUT2D eigenvalue weighted by Gasteiger charge is -2.37. The smallest absolute Gasteiger partial charge is 0.363 e. The summed E-state index contributed by atoms with van der Waals surface area (Å²) in [6.07, 6.45) is 2.35. The molecule has 0 aliphatic carbocycles. The molecule has 0 aromatic carbocycles. The number of β-lactam (4-membered cyclic amide) rings is 1. The van der Waals surface area contributed by atoms with Crippen molar-refractivity contribution in [2.75, 3.05) is 5.73 Å². The molecule has 33 heavy (non-hydrogen) atoms. The molecular weight excluding hydrogens is 486 g/mol. The summed E-state index contributed by atoms with van der Waals surface area (Å²) >= 11 is 0.693. The molecule has 3 rings (SSSR count). The van der Waals surface area contributed by atoms with E-state index < -0.39 is 51.2 Å². The van der Waals surface area contributed by atoms with Crippen LogP contribution in [0.25, 0.3) is 0 Å². The number of hydrogen-bond acceptors (Lipinski definition) is 13. The van der Waals surface area contributed by atoms with Crippen molar-refractivity contribution in [1.29, 1.82) is 0 Å². The third-order valence-corrected chi connectivity index (χ3v) is 5.51. The van der Waals surface area contributed by atoms with Crippen LogP contribution in [0.5, 0.6) is 0 Å². The molecule has 1 atom stereocenters. The summed E-state index contributed by atoms with van der Waals surface area (Å²) < 4.78 is 37.5. The first-order valence-corrected chi connectivity index (χ1v) is 10.8. The van der Waals surface area contributed by atoms with E-state index in [4.69, 9.17) is 15.7 Å². The predicted octanol–water partition coefficient (Wildman–Crippen LogP) is -2.02. The molecule has 1 aliphatic heterocycles. The van der Waals surface area contributed by atoms with E-state index in [-0.39, 0.29) is 21.8 Å². The maximum absolute atomic E-state index is 12.8. The van der Waals surface area contributed by atoms with Gasteiger partial charge < -0.3 is 15.7 Å². The summed E-state index contributed by atoms with van der Waals surface area (Å²) in [5, 5.41) is 16.4. The number of anilines is 1. The zero-order chi connectivity index (χ0) is 24.6. The molecule has 0 radical (unpaired) electrons. The van der Waals surface area contributed by atoms with Crippen molar-refractivity contribution in [2.24, 2.45) is 10.1 Å². The van der Waals surface area contributed by atoms with Crippen molar-refractivity contribution < 1.29 is 37.3 Å². The van der Waals surface area contributed by atoms with Gasteiger partial charge in [-0.1, -0.05) is 5.16 Å². The number of carboxylic acids is 1. The number of nitrogen functional groups attached to an aromatic ring is 1. The van der Waals surface area contributed by atoms with E-state index in [1.807, 2.05) is 0 Å². The Balaban J connectivity index is 1.98. The van der Waals surface area contributed by atoms with Gasteiger partial charge in [0, 0.05) is 11.5 Å². The monoisotopic (exact) mass is 501 g/mol. The number of carbonyl (C=O) groups excluding carboxylic acids is 2. The molecule has 1 saturated heterocycles. The lowest BCUT2D eigenvalue weighted by atomic mass is 10.0. The summed E-state index contributed by atoms with van der Waals surface area (Å²) in [4.78, 5) is 52.3. The Morgan fingerprint density at radius 2 is 2.09 bits per heavy atom. The van der Waals surface area contributed by atoms with Crippen LogP contribution in [-0.2, 0) is 36.1 Å². The Bertz CT molecular complexity index is 1270. The summed E-state index contributed by atoms with van der Waals surface area (Å²) in [5.41, 5.74) is 2.40. The normalized spacial score (nSPS) is 18.3. The van der Waals surface area contributed by atoms with Gasteiger partial charge in [0.15, 0.2) is 5.13 Å². The molecule has 17 nitrogen and oxygen atoms in total. The highest BCUT2D eigenvalue weighted by Gasteiger charge is 2.51. The van der Waals surface area contributed by atoms with E-state index >= 15 is 0 Å². The number of aliphatic carboxylic acids is 1. The van der Waals surface area contributed by atoms with Gasteiger partial charge in [0.2, 0.25) is 17.1 Å². The van der Waals surface area contributed by atoms with E-state index in [1.165, 1.54) is 6.33 Å². The second-order valence-electron chi connectivity index (χ2n) is 6.82. The van der Waals surface area contributed by atoms with Gasteiger partial charge in [-0.15, -0.1) is 0 Å². The zero-order valence-corrected chi connectivity index (χ0v) is 18.4. The second kappa shape index (κ2) is 8.60. The Morgan fingerprint density at radius 3 is 2.61 bits per heavy atom. The SMILES string of the molecule is CC(C)(O/N=C(\C(=O)N=C1C(=O)N(S(=O)(=O)O)[C@@H]1Cn1cncn1)c1nsc(N)n1)C(=O)O. The number of carbonyl (C=O) groups is 3. The number of oxime groups is 1. The Kier molecular flexibility index (Phi) is 6.20. The van der Waals surface area contributed by atoms with Crippen LogP contribution < -0.4 is 5.73 Å². The van der Waals surface area contributed by atoms with Crippen LogP contribution >= 0.6 is 11.5 Å². The number of nitrogens with zero attached hydrogens (tertiary/aromatic N) is 8. The highest BCUT2D eigenvalue weighted by Crippen LogP contribution is 2.23. The molecule has 3 heterocycles. The van der Waals surface area contributed by atoms with Crippen molar-refractivity contribution in [1.82, 2.24) is 28.4 Å². The predicted molar refractivity (Wildman–Crippen MR) is 108 cm³/mol. The number of hydrogen-bond donors (Lipinski definition) is 3. The van der Waals surface area contributed by atoms with Gasteiger partial charge in [0.1, 0.15) is 24.4 Å². The van der Waals surface area contributed by atoms with Crippen LogP contribution in [0.15, 0.2) is 22.8 Å². The molecular formula is C14H15N9O8S2. The fourth-order valence-electron chi connectivity index (χ4n) is 2.36. The number of aromatic nitrogens is 5. The molecule has 0 saturated carbocycles. The van der Waals surface area contributed by atoms with Crippen molar-refractivity contribution in [3.63, 3.8) is 0 Å². The van der Waals surface area contributed by atoms with Gasteiger partial charge in [0.05, 0.1) is 6.54 Å². The minimum absolute atomic E-state index is 0.0584. The van der Waals surface area contributed by atoms with Gasteiger partial charge in [-0.2, -0.15) is 22.9 Å². The van der Waals surface area contributed by atoms with Crippen molar-refractivity contribution in [3.05, 3.63) is 18.5 Å². The molecule has 176 valence electrons. The van der Waals surface area contributed by atoms with Gasteiger partial charge >= 0.3 is 22.2 Å². The van der Waals surface area contributed by atoms with Crippen LogP contribution in [0.2, 0.25) is 0 Å². The molecule has 0 unspecified atom stereocenters. The van der Waals surface area contributed by atoms with Gasteiger partial charge in [-0.3, -0.25) is 18.8 Å². The third-order valence-electron chi connectivity index (χ3n) is 4.05. The largest absolute Gasteiger partial charge is 0.478 e. The summed E-state index contributed by atoms with van der Waals surface area (Å²) in [6.45, 7) is 2.00. The summed E-state index contributed by atoms with van der Waals surface area (Å²) in [5.74, 6) is -4.29. The van der Waals surface area contributed by atoms with Crippen LogP contribution in [0.3, 0.4) is 0 Å². The molecule has 1 aliphatic rings. The minimum Gasteiger partial charge on any atom is -0.478 e. The number of rotatable bonds is 8. The number of carboxylic acid groups (broad SMARTS) is 1. The Labute approximate surface area is 188 Å². The number of aliphatic imine (C=N–C) groups is 1. The molecule has 0 bridgehead atoms. The minimum atomic E-state index is -4.97. The van der Waals surface area contributed by atoms with Gasteiger partial charge in [-0.05, 0) is 13.8 Å². The summed E-state index contributed by atoms with van der Waals surface area (Å²) in [6, 6.07) is -1.40. The summed E-state index contributed by atoms with van der Waals surface area (Å²) in [7, 11) is -4.97. The maximum Gasteiger partial charge on any atom is 0.363 e. The number of nitrogens with two attached hydrogens (primary N) is 1. The van der Waals surface area contributed by atoms with E-state index in [2.05, 4.69) is 29.6 Å². The van der Waals surface area contributed by atoms with Crippen LogP contribution in [-0.4, -0.2) is 87.4 Å². The highest BCUT2D eigenvalue weighted by atomic mass is 32.2. The van der Waals surface area contributed by atoms with Gasteiger partial charge in [-0.25, -0.2) is 19.1 Å². The maximum atomic E-state index is 12.8. The zero-order valence-electron chi connectivity index (χ0n) is 16.8. The molecule has 19 heteroatoms. The number of amides is 2. The van der Waals surface area contributed by atoms with Crippen molar-refractivity contribution in [2.45, 2.75) is 32.0 Å². The van der Waals surface area contributed by atoms with E-state index in [0.29, 0.717) is 11.5 Å². The van der Waals surface area contributed by atoms with E-state index in [0.717, 1.165) is 24.9 Å². The van der Waals surface area contributed by atoms with Crippen LogP contribution in [0, 0.1) is 0 Å². The van der Waals surface area contributed by atoms with E-state index in [1.54, 1.807) is 0 Å². The average Bonchev–Trinajstić information content (AvgIpc) is 3.36. The Hall–Kier alpha value is -3.84. The lowest BCUT2D eigenvalue weighted by molar-refractivity contribution is -0.161. The molecule has 2 aromatic rings. The first-order chi connectivity index (χ1) is 15.3. The van der Waals surface area contributed by atoms with Crippen molar-refractivity contribution >= 4 is 56.2 Å². The second-order valence-corrected chi connectivity index (χ2v) is 8.89. The van der Waals surface area contributed by atoms with Crippen molar-refractivity contribution in [3.8, 4) is 0 Å². The van der Waals surface area contributed by atoms with Crippen LogP contribution in [0.1, 0.15) is 19.7 Å². The van der Waals surface area contributed by atoms with E-state index in [9.17, 15) is 27.4 Å². The molecule has 0 spiro atoms. The average molecular weight is 501 g/mol. The molecule has 2 amide bonds. The molecule has 4 N–H and O–H groups in total. The quantitative estimate of drug-likeness (QED) is 0.153.